The van der Waals surface area contributed by atoms with Crippen LogP contribution in [0.25, 0.3) is 0 Å². The molecular formula is C11H18N2OS. The molecule has 3 nitrogen and oxygen atoms in total. The Balaban J connectivity index is 1.77. The zero-order valence-electron chi connectivity index (χ0n) is 9.16. The molecule has 4 heteroatoms. The van der Waals surface area contributed by atoms with E-state index < -0.39 is 0 Å². The van der Waals surface area contributed by atoms with E-state index in [-0.39, 0.29) is 0 Å². The molecule has 1 saturated carbocycles. The number of nitrogens with zero attached hydrogens (tertiary/aromatic N) is 1. The first-order valence-corrected chi connectivity index (χ1v) is 6.51. The molecule has 1 aliphatic rings. The lowest BCUT2D eigenvalue weighted by atomic mass is 10.2. The summed E-state index contributed by atoms with van der Waals surface area (Å²) in [6.45, 7) is 3.62. The lowest BCUT2D eigenvalue weighted by Crippen LogP contribution is -2.24. The van der Waals surface area contributed by atoms with E-state index in [9.17, 15) is 0 Å². The zero-order valence-corrected chi connectivity index (χ0v) is 9.98. The van der Waals surface area contributed by atoms with Gasteiger partial charge in [-0.1, -0.05) is 24.2 Å². The van der Waals surface area contributed by atoms with Crippen molar-refractivity contribution in [3.8, 4) is 5.19 Å². The van der Waals surface area contributed by atoms with E-state index in [0.717, 1.165) is 17.8 Å². The molecule has 15 heavy (non-hydrogen) atoms. The van der Waals surface area contributed by atoms with Gasteiger partial charge in [0.15, 0.2) is 0 Å². The molecule has 84 valence electrons. The maximum absolute atomic E-state index is 5.34. The van der Waals surface area contributed by atoms with Gasteiger partial charge in [-0.05, 0) is 19.8 Å². The summed E-state index contributed by atoms with van der Waals surface area (Å²) in [5.74, 6) is 0. The fraction of sp³-hybridized carbons (Fsp3) is 0.727. The fourth-order valence-corrected chi connectivity index (χ4v) is 2.70. The zero-order chi connectivity index (χ0) is 10.5. The second-order valence-electron chi connectivity index (χ2n) is 3.89. The van der Waals surface area contributed by atoms with Crippen LogP contribution in [-0.2, 0) is 6.54 Å². The molecule has 1 aromatic rings. The van der Waals surface area contributed by atoms with Gasteiger partial charge >= 0.3 is 0 Å². The van der Waals surface area contributed by atoms with Crippen LogP contribution in [0.3, 0.4) is 0 Å². The van der Waals surface area contributed by atoms with E-state index in [1.165, 1.54) is 30.6 Å². The van der Waals surface area contributed by atoms with Crippen LogP contribution >= 0.6 is 11.3 Å². The van der Waals surface area contributed by atoms with Crippen LogP contribution in [-0.4, -0.2) is 17.6 Å². The third kappa shape index (κ3) is 3.18. The third-order valence-corrected chi connectivity index (χ3v) is 3.63. The summed E-state index contributed by atoms with van der Waals surface area (Å²) in [6.07, 6.45) is 7.33. The predicted molar refractivity (Wildman–Crippen MR) is 62.4 cm³/mol. The summed E-state index contributed by atoms with van der Waals surface area (Å²) >= 11 is 1.64. The van der Waals surface area contributed by atoms with Crippen molar-refractivity contribution in [3.63, 3.8) is 0 Å². The number of ether oxygens (including phenoxy) is 1. The Labute approximate surface area is 94.9 Å². The molecule has 1 N–H and O–H groups in total. The third-order valence-electron chi connectivity index (χ3n) is 2.72. The Kier molecular flexibility index (Phi) is 3.97. The normalized spacial score (nSPS) is 17.1. The average Bonchev–Trinajstić information content (AvgIpc) is 2.85. The summed E-state index contributed by atoms with van der Waals surface area (Å²) in [5, 5.41) is 4.36. The van der Waals surface area contributed by atoms with Crippen molar-refractivity contribution in [2.45, 2.75) is 45.2 Å². The number of hydrogen-bond donors (Lipinski definition) is 1. The van der Waals surface area contributed by atoms with Crippen LogP contribution in [0.2, 0.25) is 0 Å². The van der Waals surface area contributed by atoms with Crippen LogP contribution in [0.5, 0.6) is 5.19 Å². The van der Waals surface area contributed by atoms with Gasteiger partial charge in [0.2, 0.25) is 0 Å². The molecule has 0 aliphatic heterocycles. The van der Waals surface area contributed by atoms with Crippen molar-refractivity contribution < 1.29 is 4.74 Å². The minimum atomic E-state index is 0.697. The number of rotatable bonds is 5. The summed E-state index contributed by atoms with van der Waals surface area (Å²) < 4.78 is 5.34. The summed E-state index contributed by atoms with van der Waals surface area (Å²) in [7, 11) is 0. The van der Waals surface area contributed by atoms with Crippen molar-refractivity contribution in [1.29, 1.82) is 0 Å². The van der Waals surface area contributed by atoms with E-state index >= 15 is 0 Å². The number of hydrogen-bond acceptors (Lipinski definition) is 4. The monoisotopic (exact) mass is 226 g/mol. The molecule has 1 fully saturated rings. The molecule has 0 atom stereocenters. The van der Waals surface area contributed by atoms with Gasteiger partial charge in [-0.2, -0.15) is 0 Å². The van der Waals surface area contributed by atoms with E-state index in [0.29, 0.717) is 6.61 Å². The Bertz CT molecular complexity index is 295. The molecule has 2 rings (SSSR count). The second-order valence-corrected chi connectivity index (χ2v) is 4.97. The van der Waals surface area contributed by atoms with Crippen molar-refractivity contribution in [1.82, 2.24) is 10.3 Å². The van der Waals surface area contributed by atoms with E-state index in [4.69, 9.17) is 4.74 Å². The average molecular weight is 226 g/mol. The van der Waals surface area contributed by atoms with Gasteiger partial charge in [0.25, 0.3) is 5.19 Å². The maximum Gasteiger partial charge on any atom is 0.273 e. The van der Waals surface area contributed by atoms with Crippen LogP contribution in [0.1, 0.15) is 37.5 Å². The van der Waals surface area contributed by atoms with Crippen LogP contribution in [0.15, 0.2) is 6.20 Å². The Morgan fingerprint density at radius 2 is 2.33 bits per heavy atom. The predicted octanol–water partition coefficient (Wildman–Crippen LogP) is 2.57. The SMILES string of the molecule is CCOc1ncc(CNC2CCCC2)s1. The number of nitrogens with one attached hydrogen (secondary N) is 1. The molecule has 0 amide bonds. The minimum absolute atomic E-state index is 0.697. The highest BCUT2D eigenvalue weighted by Crippen LogP contribution is 2.22. The first-order chi connectivity index (χ1) is 7.38. The molecule has 1 heterocycles. The first-order valence-electron chi connectivity index (χ1n) is 5.69. The van der Waals surface area contributed by atoms with Crippen LogP contribution in [0, 0.1) is 0 Å². The summed E-state index contributed by atoms with van der Waals surface area (Å²) in [5.41, 5.74) is 0. The molecule has 0 bridgehead atoms. The summed E-state index contributed by atoms with van der Waals surface area (Å²) in [6, 6.07) is 0.725. The molecule has 1 aromatic heterocycles. The number of aromatic nitrogens is 1. The van der Waals surface area contributed by atoms with Gasteiger partial charge in [-0.25, -0.2) is 4.98 Å². The van der Waals surface area contributed by atoms with Crippen LogP contribution < -0.4 is 10.1 Å². The lowest BCUT2D eigenvalue weighted by molar-refractivity contribution is 0.338. The standard InChI is InChI=1S/C11H18N2OS/c1-2-14-11-13-8-10(15-11)7-12-9-5-3-4-6-9/h8-9,12H,2-7H2,1H3. The quantitative estimate of drug-likeness (QED) is 0.838. The molecule has 1 aliphatic carbocycles. The van der Waals surface area contributed by atoms with Crippen LogP contribution in [0.4, 0.5) is 0 Å². The van der Waals surface area contributed by atoms with E-state index in [2.05, 4.69) is 10.3 Å². The van der Waals surface area contributed by atoms with Crippen molar-refractivity contribution in [3.05, 3.63) is 11.1 Å². The highest BCUT2D eigenvalue weighted by atomic mass is 32.1. The maximum atomic E-state index is 5.34. The van der Waals surface area contributed by atoms with Gasteiger partial charge in [-0.15, -0.1) is 0 Å². The molecule has 0 saturated heterocycles. The second kappa shape index (κ2) is 5.47. The largest absolute Gasteiger partial charge is 0.470 e. The Morgan fingerprint density at radius 3 is 3.07 bits per heavy atom. The van der Waals surface area contributed by atoms with Gasteiger partial charge in [0, 0.05) is 23.7 Å². The van der Waals surface area contributed by atoms with Crippen molar-refractivity contribution >= 4 is 11.3 Å². The fourth-order valence-electron chi connectivity index (χ4n) is 1.94. The van der Waals surface area contributed by atoms with Gasteiger partial charge in [0.1, 0.15) is 0 Å². The van der Waals surface area contributed by atoms with Crippen molar-refractivity contribution in [2.24, 2.45) is 0 Å². The topological polar surface area (TPSA) is 34.1 Å². The molecular weight excluding hydrogens is 208 g/mol. The van der Waals surface area contributed by atoms with Gasteiger partial charge < -0.3 is 10.1 Å². The van der Waals surface area contributed by atoms with Gasteiger partial charge in [-0.3, -0.25) is 0 Å². The smallest absolute Gasteiger partial charge is 0.273 e. The molecule has 0 radical (unpaired) electrons. The van der Waals surface area contributed by atoms with E-state index in [1.54, 1.807) is 11.3 Å². The van der Waals surface area contributed by atoms with Gasteiger partial charge in [0.05, 0.1) is 6.61 Å². The lowest BCUT2D eigenvalue weighted by Gasteiger charge is -2.09. The Morgan fingerprint density at radius 1 is 1.53 bits per heavy atom. The molecule has 0 spiro atoms. The Hall–Kier alpha value is -0.610. The van der Waals surface area contributed by atoms with Crippen molar-refractivity contribution in [2.75, 3.05) is 6.61 Å². The minimum Gasteiger partial charge on any atom is -0.470 e. The highest BCUT2D eigenvalue weighted by Gasteiger charge is 2.14. The van der Waals surface area contributed by atoms with E-state index in [1.807, 2.05) is 13.1 Å². The summed E-state index contributed by atoms with van der Waals surface area (Å²) in [4.78, 5) is 5.48. The number of thiazole rings is 1. The molecule has 0 aromatic carbocycles. The first kappa shape index (κ1) is 10.9. The highest BCUT2D eigenvalue weighted by molar-refractivity contribution is 7.13. The molecule has 0 unspecified atom stereocenters.